The lowest BCUT2D eigenvalue weighted by atomic mass is 9.98. The number of methoxy groups -OCH3 is 1. The van der Waals surface area contributed by atoms with Gasteiger partial charge in [0.1, 0.15) is 0 Å². The Hall–Kier alpha value is -1.19. The van der Waals surface area contributed by atoms with Crippen molar-refractivity contribution in [2.45, 2.75) is 26.2 Å². The number of aryl methyl sites for hydroxylation is 1. The molecule has 0 bridgehead atoms. The third kappa shape index (κ3) is 4.43. The van der Waals surface area contributed by atoms with E-state index in [2.05, 4.69) is 4.90 Å². The summed E-state index contributed by atoms with van der Waals surface area (Å²) >= 11 is 0. The van der Waals surface area contributed by atoms with Gasteiger partial charge in [-0.25, -0.2) is 0 Å². The maximum absolute atomic E-state index is 12.2. The largest absolute Gasteiger partial charge is 0.384 e. The van der Waals surface area contributed by atoms with E-state index in [-0.39, 0.29) is 5.78 Å². The second-order valence-electron chi connectivity index (χ2n) is 5.81. The van der Waals surface area contributed by atoms with Gasteiger partial charge < -0.3 is 9.64 Å². The van der Waals surface area contributed by atoms with Gasteiger partial charge in [0, 0.05) is 32.2 Å². The van der Waals surface area contributed by atoms with E-state index >= 15 is 0 Å². The third-order valence-corrected chi connectivity index (χ3v) is 4.00. The number of carbonyl (C=O) groups excluding carboxylic acids is 1. The van der Waals surface area contributed by atoms with Gasteiger partial charge in [-0.3, -0.25) is 4.79 Å². The normalized spacial score (nSPS) is 20.0. The SMILES string of the molecule is COCC1CCCN(CCC(=O)c2cccc(C)c2)C1. The van der Waals surface area contributed by atoms with E-state index in [4.69, 9.17) is 4.74 Å². The van der Waals surface area contributed by atoms with E-state index in [0.29, 0.717) is 12.3 Å². The summed E-state index contributed by atoms with van der Waals surface area (Å²) in [6, 6.07) is 7.88. The highest BCUT2D eigenvalue weighted by atomic mass is 16.5. The predicted molar refractivity (Wildman–Crippen MR) is 81.2 cm³/mol. The highest BCUT2D eigenvalue weighted by Crippen LogP contribution is 2.17. The average molecular weight is 275 g/mol. The van der Waals surface area contributed by atoms with Crippen molar-refractivity contribution >= 4 is 5.78 Å². The number of benzene rings is 1. The van der Waals surface area contributed by atoms with E-state index in [1.54, 1.807) is 7.11 Å². The summed E-state index contributed by atoms with van der Waals surface area (Å²) in [6.07, 6.45) is 3.08. The average Bonchev–Trinajstić information content (AvgIpc) is 2.45. The van der Waals surface area contributed by atoms with Crippen LogP contribution in [0.3, 0.4) is 0 Å². The van der Waals surface area contributed by atoms with Gasteiger partial charge in [-0.05, 0) is 38.3 Å². The molecule has 1 atom stereocenters. The molecular formula is C17H25NO2. The van der Waals surface area contributed by atoms with Crippen molar-refractivity contribution in [3.63, 3.8) is 0 Å². The molecule has 0 spiro atoms. The Balaban J connectivity index is 1.81. The number of nitrogens with zero attached hydrogens (tertiary/aromatic N) is 1. The minimum Gasteiger partial charge on any atom is -0.384 e. The monoisotopic (exact) mass is 275 g/mol. The number of hydrogen-bond donors (Lipinski definition) is 0. The first-order valence-electron chi connectivity index (χ1n) is 7.50. The molecule has 1 heterocycles. The van der Waals surface area contributed by atoms with Crippen molar-refractivity contribution in [2.75, 3.05) is 33.4 Å². The molecule has 2 rings (SSSR count). The molecule has 1 saturated heterocycles. The summed E-state index contributed by atoms with van der Waals surface area (Å²) in [7, 11) is 1.76. The number of ketones is 1. The van der Waals surface area contributed by atoms with E-state index in [1.807, 2.05) is 31.2 Å². The maximum atomic E-state index is 12.2. The molecule has 0 amide bonds. The summed E-state index contributed by atoms with van der Waals surface area (Å²) in [5, 5.41) is 0. The molecule has 3 heteroatoms. The Bertz CT molecular complexity index is 442. The molecule has 0 aliphatic carbocycles. The molecule has 1 fully saturated rings. The van der Waals surface area contributed by atoms with Crippen LogP contribution in [0.25, 0.3) is 0 Å². The van der Waals surface area contributed by atoms with Crippen LogP contribution in [0.5, 0.6) is 0 Å². The fourth-order valence-corrected chi connectivity index (χ4v) is 2.95. The summed E-state index contributed by atoms with van der Waals surface area (Å²) in [6.45, 7) is 5.91. The first-order valence-corrected chi connectivity index (χ1v) is 7.50. The van der Waals surface area contributed by atoms with Gasteiger partial charge in [0.2, 0.25) is 0 Å². The topological polar surface area (TPSA) is 29.5 Å². The van der Waals surface area contributed by atoms with Crippen LogP contribution in [0.4, 0.5) is 0 Å². The number of hydrogen-bond acceptors (Lipinski definition) is 3. The summed E-state index contributed by atoms with van der Waals surface area (Å²) in [5.41, 5.74) is 1.99. The lowest BCUT2D eigenvalue weighted by Crippen LogP contribution is -2.38. The molecule has 0 saturated carbocycles. The number of likely N-dealkylation sites (tertiary alicyclic amines) is 1. The lowest BCUT2D eigenvalue weighted by molar-refractivity contribution is 0.0830. The minimum absolute atomic E-state index is 0.252. The zero-order chi connectivity index (χ0) is 14.4. The second kappa shape index (κ2) is 7.55. The molecule has 0 radical (unpaired) electrons. The van der Waals surface area contributed by atoms with E-state index in [9.17, 15) is 4.79 Å². The van der Waals surface area contributed by atoms with Crippen molar-refractivity contribution < 1.29 is 9.53 Å². The van der Waals surface area contributed by atoms with Crippen LogP contribution in [-0.4, -0.2) is 44.0 Å². The predicted octanol–water partition coefficient (Wildman–Crippen LogP) is 2.93. The van der Waals surface area contributed by atoms with Crippen LogP contribution in [-0.2, 0) is 4.74 Å². The Labute approximate surface area is 121 Å². The van der Waals surface area contributed by atoms with Gasteiger partial charge in [0.15, 0.2) is 5.78 Å². The number of piperidine rings is 1. The molecule has 0 aromatic heterocycles. The highest BCUT2D eigenvalue weighted by Gasteiger charge is 2.20. The number of rotatable bonds is 6. The minimum atomic E-state index is 0.252. The Morgan fingerprint density at radius 2 is 2.30 bits per heavy atom. The molecule has 110 valence electrons. The van der Waals surface area contributed by atoms with Crippen molar-refractivity contribution in [1.29, 1.82) is 0 Å². The highest BCUT2D eigenvalue weighted by molar-refractivity contribution is 5.96. The summed E-state index contributed by atoms with van der Waals surface area (Å²) < 4.78 is 5.24. The van der Waals surface area contributed by atoms with Gasteiger partial charge in [-0.2, -0.15) is 0 Å². The molecular weight excluding hydrogens is 250 g/mol. The second-order valence-corrected chi connectivity index (χ2v) is 5.81. The fraction of sp³-hybridized carbons (Fsp3) is 0.588. The van der Waals surface area contributed by atoms with E-state index in [0.717, 1.165) is 37.4 Å². The van der Waals surface area contributed by atoms with Gasteiger partial charge >= 0.3 is 0 Å². The zero-order valence-electron chi connectivity index (χ0n) is 12.6. The van der Waals surface area contributed by atoms with Crippen LogP contribution in [0, 0.1) is 12.8 Å². The van der Waals surface area contributed by atoms with Crippen LogP contribution in [0.1, 0.15) is 35.2 Å². The van der Waals surface area contributed by atoms with Crippen molar-refractivity contribution in [1.82, 2.24) is 4.90 Å². The van der Waals surface area contributed by atoms with E-state index in [1.165, 1.54) is 12.8 Å². The maximum Gasteiger partial charge on any atom is 0.164 e. The molecule has 1 aliphatic rings. The van der Waals surface area contributed by atoms with Gasteiger partial charge in [-0.1, -0.05) is 23.8 Å². The number of ether oxygens (including phenoxy) is 1. The van der Waals surface area contributed by atoms with Gasteiger partial charge in [0.05, 0.1) is 6.61 Å². The first kappa shape index (κ1) is 15.2. The molecule has 1 aliphatic heterocycles. The fourth-order valence-electron chi connectivity index (χ4n) is 2.95. The quantitative estimate of drug-likeness (QED) is 0.748. The zero-order valence-corrected chi connectivity index (χ0v) is 12.6. The smallest absolute Gasteiger partial charge is 0.164 e. The molecule has 1 aromatic carbocycles. The molecule has 3 nitrogen and oxygen atoms in total. The molecule has 0 N–H and O–H groups in total. The summed E-state index contributed by atoms with van der Waals surface area (Å²) in [5.74, 6) is 0.880. The van der Waals surface area contributed by atoms with Crippen molar-refractivity contribution in [3.05, 3.63) is 35.4 Å². The molecule has 20 heavy (non-hydrogen) atoms. The van der Waals surface area contributed by atoms with Crippen molar-refractivity contribution in [2.24, 2.45) is 5.92 Å². The van der Waals surface area contributed by atoms with Gasteiger partial charge in [-0.15, -0.1) is 0 Å². The first-order chi connectivity index (χ1) is 9.69. The van der Waals surface area contributed by atoms with E-state index < -0.39 is 0 Å². The van der Waals surface area contributed by atoms with Gasteiger partial charge in [0.25, 0.3) is 0 Å². The summed E-state index contributed by atoms with van der Waals surface area (Å²) in [4.78, 5) is 14.6. The Morgan fingerprint density at radius 3 is 3.05 bits per heavy atom. The Kier molecular flexibility index (Phi) is 5.74. The Morgan fingerprint density at radius 1 is 1.45 bits per heavy atom. The standard InChI is InChI=1S/C17H25NO2/c1-14-5-3-7-16(11-14)17(19)8-10-18-9-4-6-15(12-18)13-20-2/h3,5,7,11,15H,4,6,8-10,12-13H2,1-2H3. The lowest BCUT2D eigenvalue weighted by Gasteiger charge is -2.32. The van der Waals surface area contributed by atoms with Crippen LogP contribution < -0.4 is 0 Å². The number of carbonyl (C=O) groups is 1. The van der Waals surface area contributed by atoms with Crippen LogP contribution >= 0.6 is 0 Å². The molecule has 1 aromatic rings. The van der Waals surface area contributed by atoms with Crippen LogP contribution in [0.2, 0.25) is 0 Å². The molecule has 1 unspecified atom stereocenters. The third-order valence-electron chi connectivity index (χ3n) is 4.00. The van der Waals surface area contributed by atoms with Crippen LogP contribution in [0.15, 0.2) is 24.3 Å². The number of Topliss-reactive ketones (excluding diaryl/α,β-unsaturated/α-hetero) is 1. The van der Waals surface area contributed by atoms with Crippen molar-refractivity contribution in [3.8, 4) is 0 Å².